The highest BCUT2D eigenvalue weighted by atomic mass is 19.4. The van der Waals surface area contributed by atoms with Gasteiger partial charge in [-0.2, -0.15) is 18.4 Å². The van der Waals surface area contributed by atoms with E-state index in [1.807, 2.05) is 41.1 Å². The lowest BCUT2D eigenvalue weighted by molar-refractivity contribution is -0.137. The van der Waals surface area contributed by atoms with Crippen LogP contribution in [0.15, 0.2) is 79.0 Å². The van der Waals surface area contributed by atoms with Crippen LogP contribution in [0.25, 0.3) is 22.6 Å². The Hall–Kier alpha value is -4.31. The molecule has 0 aliphatic heterocycles. The van der Waals surface area contributed by atoms with Gasteiger partial charge in [0, 0.05) is 29.2 Å². The van der Waals surface area contributed by atoms with Gasteiger partial charge in [0.1, 0.15) is 0 Å². The summed E-state index contributed by atoms with van der Waals surface area (Å²) >= 11 is 0. The first-order valence-electron chi connectivity index (χ1n) is 10.3. The standard InChI is InChI=1S/C27H19F3N2O2/c1-34-26(33)20-6-4-5-18(13-20)16-32-17-22(24-7-2-3-8-25(24)32)14-21(15-31)19-9-11-23(12-10-19)27(28,29)30/h2-14,17H,16H2,1H3/b21-14-. The molecule has 3 aromatic carbocycles. The molecular weight excluding hydrogens is 441 g/mol. The Bertz CT molecular complexity index is 1430. The lowest BCUT2D eigenvalue weighted by Gasteiger charge is -2.07. The zero-order valence-corrected chi connectivity index (χ0v) is 18.1. The molecule has 0 saturated heterocycles. The van der Waals surface area contributed by atoms with E-state index in [4.69, 9.17) is 4.74 Å². The smallest absolute Gasteiger partial charge is 0.416 e. The van der Waals surface area contributed by atoms with Crippen LogP contribution in [0.2, 0.25) is 0 Å². The molecule has 0 radical (unpaired) electrons. The van der Waals surface area contributed by atoms with Gasteiger partial charge in [-0.1, -0.05) is 42.5 Å². The van der Waals surface area contributed by atoms with Gasteiger partial charge in [-0.25, -0.2) is 4.79 Å². The van der Waals surface area contributed by atoms with E-state index in [1.54, 1.807) is 24.3 Å². The number of para-hydroxylation sites is 1. The fourth-order valence-electron chi connectivity index (χ4n) is 3.81. The molecule has 170 valence electrons. The maximum atomic E-state index is 12.9. The molecule has 0 fully saturated rings. The number of allylic oxidation sites excluding steroid dienone is 1. The number of hydrogen-bond donors (Lipinski definition) is 0. The molecule has 0 N–H and O–H groups in total. The van der Waals surface area contributed by atoms with E-state index in [0.29, 0.717) is 17.7 Å². The Labute approximate surface area is 194 Å². The lowest BCUT2D eigenvalue weighted by Crippen LogP contribution is -2.04. The maximum absolute atomic E-state index is 12.9. The summed E-state index contributed by atoms with van der Waals surface area (Å²) in [6.45, 7) is 0.474. The monoisotopic (exact) mass is 460 g/mol. The molecule has 7 heteroatoms. The Morgan fingerprint density at radius 1 is 1.03 bits per heavy atom. The SMILES string of the molecule is COC(=O)c1cccc(Cn2cc(/C=C(/C#N)c3ccc(C(F)(F)F)cc3)c3ccccc32)c1. The maximum Gasteiger partial charge on any atom is 0.416 e. The average Bonchev–Trinajstić information content (AvgIpc) is 3.18. The van der Waals surface area contributed by atoms with Crippen molar-refractivity contribution in [3.05, 3.63) is 107 Å². The van der Waals surface area contributed by atoms with Gasteiger partial charge in [-0.3, -0.25) is 0 Å². The molecule has 0 aliphatic rings. The van der Waals surface area contributed by atoms with Crippen LogP contribution in [-0.4, -0.2) is 17.6 Å². The second-order valence-electron chi connectivity index (χ2n) is 7.67. The molecule has 0 atom stereocenters. The number of nitriles is 1. The number of alkyl halides is 3. The van der Waals surface area contributed by atoms with Crippen molar-refractivity contribution in [1.82, 2.24) is 4.57 Å². The highest BCUT2D eigenvalue weighted by molar-refractivity contribution is 5.98. The van der Waals surface area contributed by atoms with Gasteiger partial charge in [0.05, 0.1) is 29.9 Å². The molecular formula is C27H19F3N2O2. The molecule has 0 saturated carbocycles. The van der Waals surface area contributed by atoms with E-state index in [0.717, 1.165) is 34.2 Å². The van der Waals surface area contributed by atoms with E-state index in [-0.39, 0.29) is 5.57 Å². The summed E-state index contributed by atoms with van der Waals surface area (Å²) in [7, 11) is 1.33. The number of hydrogen-bond acceptors (Lipinski definition) is 3. The Kier molecular flexibility index (Phi) is 6.24. The van der Waals surface area contributed by atoms with Crippen molar-refractivity contribution in [3.8, 4) is 6.07 Å². The van der Waals surface area contributed by atoms with Crippen LogP contribution in [0.4, 0.5) is 13.2 Å². The highest BCUT2D eigenvalue weighted by Crippen LogP contribution is 2.31. The second-order valence-corrected chi connectivity index (χ2v) is 7.67. The Balaban J connectivity index is 1.72. The fraction of sp³-hybridized carbons (Fsp3) is 0.111. The quantitative estimate of drug-likeness (QED) is 0.250. The van der Waals surface area contributed by atoms with Gasteiger partial charge in [-0.05, 0) is 47.5 Å². The third kappa shape index (κ3) is 4.71. The van der Waals surface area contributed by atoms with Crippen molar-refractivity contribution >= 4 is 28.5 Å². The zero-order chi connectivity index (χ0) is 24.3. The summed E-state index contributed by atoms with van der Waals surface area (Å²) < 4.78 is 45.5. The van der Waals surface area contributed by atoms with Crippen molar-refractivity contribution in [2.24, 2.45) is 0 Å². The normalized spacial score (nSPS) is 11.9. The zero-order valence-electron chi connectivity index (χ0n) is 18.1. The van der Waals surface area contributed by atoms with Crippen LogP contribution in [0.1, 0.15) is 32.6 Å². The molecule has 4 nitrogen and oxygen atoms in total. The van der Waals surface area contributed by atoms with E-state index in [2.05, 4.69) is 6.07 Å². The molecule has 0 spiro atoms. The average molecular weight is 460 g/mol. The van der Waals surface area contributed by atoms with Gasteiger partial charge in [0.25, 0.3) is 0 Å². The molecule has 0 amide bonds. The van der Waals surface area contributed by atoms with Crippen LogP contribution in [-0.2, 0) is 17.5 Å². The second kappa shape index (κ2) is 9.28. The summed E-state index contributed by atoms with van der Waals surface area (Å²) in [5.74, 6) is -0.418. The molecule has 1 aromatic heterocycles. The topological polar surface area (TPSA) is 55.0 Å². The Morgan fingerprint density at radius 2 is 1.76 bits per heavy atom. The molecule has 34 heavy (non-hydrogen) atoms. The number of methoxy groups -OCH3 is 1. The summed E-state index contributed by atoms with van der Waals surface area (Å²) in [4.78, 5) is 11.9. The molecule has 4 aromatic rings. The summed E-state index contributed by atoms with van der Waals surface area (Å²) in [6, 6.07) is 21.4. The number of nitrogens with zero attached hydrogens (tertiary/aromatic N) is 2. The Morgan fingerprint density at radius 3 is 2.44 bits per heavy atom. The van der Waals surface area contributed by atoms with E-state index < -0.39 is 17.7 Å². The van der Waals surface area contributed by atoms with Gasteiger partial charge >= 0.3 is 12.1 Å². The van der Waals surface area contributed by atoms with Gasteiger partial charge in [0.2, 0.25) is 0 Å². The van der Waals surface area contributed by atoms with Crippen molar-refractivity contribution in [1.29, 1.82) is 5.26 Å². The number of aromatic nitrogens is 1. The number of benzene rings is 3. The van der Waals surface area contributed by atoms with Crippen molar-refractivity contribution < 1.29 is 22.7 Å². The molecule has 0 unspecified atom stereocenters. The van der Waals surface area contributed by atoms with Gasteiger partial charge in [-0.15, -0.1) is 0 Å². The third-order valence-corrected chi connectivity index (χ3v) is 5.46. The molecule has 1 heterocycles. The predicted octanol–water partition coefficient (Wildman–Crippen LogP) is 6.56. The number of rotatable bonds is 5. The first-order chi connectivity index (χ1) is 16.3. The first kappa shape index (κ1) is 22.9. The molecule has 0 bridgehead atoms. The van der Waals surface area contributed by atoms with Crippen LogP contribution in [0, 0.1) is 11.3 Å². The predicted molar refractivity (Wildman–Crippen MR) is 124 cm³/mol. The number of carbonyl (C=O) groups excluding carboxylic acids is 1. The highest BCUT2D eigenvalue weighted by Gasteiger charge is 2.30. The van der Waals surface area contributed by atoms with E-state index in [1.165, 1.54) is 19.2 Å². The summed E-state index contributed by atoms with van der Waals surface area (Å²) in [5, 5.41) is 10.6. The number of carbonyl (C=O) groups is 1. The van der Waals surface area contributed by atoms with Gasteiger partial charge in [0.15, 0.2) is 0 Å². The van der Waals surface area contributed by atoms with Crippen LogP contribution < -0.4 is 0 Å². The minimum Gasteiger partial charge on any atom is -0.465 e. The lowest BCUT2D eigenvalue weighted by atomic mass is 10.0. The van der Waals surface area contributed by atoms with Crippen LogP contribution in [0.3, 0.4) is 0 Å². The van der Waals surface area contributed by atoms with E-state index >= 15 is 0 Å². The van der Waals surface area contributed by atoms with Crippen molar-refractivity contribution in [2.75, 3.05) is 7.11 Å². The van der Waals surface area contributed by atoms with Crippen molar-refractivity contribution in [3.63, 3.8) is 0 Å². The van der Waals surface area contributed by atoms with Crippen LogP contribution >= 0.6 is 0 Å². The number of ether oxygens (including phenoxy) is 1. The summed E-state index contributed by atoms with van der Waals surface area (Å²) in [6.07, 6.45) is -0.878. The minimum atomic E-state index is -4.44. The molecule has 0 aliphatic carbocycles. The third-order valence-electron chi connectivity index (χ3n) is 5.46. The number of esters is 1. The van der Waals surface area contributed by atoms with Crippen LogP contribution in [0.5, 0.6) is 0 Å². The molecule has 4 rings (SSSR count). The number of halogens is 3. The first-order valence-corrected chi connectivity index (χ1v) is 10.3. The minimum absolute atomic E-state index is 0.254. The van der Waals surface area contributed by atoms with E-state index in [9.17, 15) is 23.2 Å². The summed E-state index contributed by atoms with van der Waals surface area (Å²) in [5.41, 5.74) is 2.91. The van der Waals surface area contributed by atoms with Crippen molar-refractivity contribution in [2.45, 2.75) is 12.7 Å². The largest absolute Gasteiger partial charge is 0.465 e. The fourth-order valence-corrected chi connectivity index (χ4v) is 3.81. The van der Waals surface area contributed by atoms with Gasteiger partial charge < -0.3 is 9.30 Å². The number of fused-ring (bicyclic) bond motifs is 1.